The lowest BCUT2D eigenvalue weighted by molar-refractivity contribution is -0.113. The second kappa shape index (κ2) is 9.49. The molecule has 3 aromatic rings. The van der Waals surface area contributed by atoms with Crippen LogP contribution in [-0.2, 0) is 4.79 Å². The number of thioether (sulfide) groups is 1. The minimum Gasteiger partial charge on any atom is -0.369 e. The van der Waals surface area contributed by atoms with Crippen molar-refractivity contribution in [2.75, 3.05) is 29.1 Å². The number of carbonyl (C=O) groups excluding carboxylic acids is 1. The molecular weight excluding hydrogens is 420 g/mol. The molecule has 0 atom stereocenters. The minimum atomic E-state index is -0.126. The first kappa shape index (κ1) is 20.7. The number of halogens is 1. The van der Waals surface area contributed by atoms with E-state index in [0.29, 0.717) is 10.2 Å². The van der Waals surface area contributed by atoms with E-state index in [9.17, 15) is 4.79 Å². The number of hydrogen-bond donors (Lipinski definition) is 1. The Morgan fingerprint density at radius 3 is 2.67 bits per heavy atom. The standard InChI is InChI=1S/C21H23ClN6OS/c1-15-8-10-16(11-9-15)28-21(24-25-26-28)30-14-19(29)23-18-7-5-6-17(22)20(18)27-12-3-2-4-13-27/h5-11H,2-4,12-14H2,1H3,(H,23,29). The molecule has 1 aliphatic heterocycles. The number of aryl methyl sites for hydroxylation is 1. The maximum Gasteiger partial charge on any atom is 0.234 e. The Bertz CT molecular complexity index is 1020. The first-order chi connectivity index (χ1) is 14.6. The molecule has 0 radical (unpaired) electrons. The van der Waals surface area contributed by atoms with Crippen LogP contribution in [0.25, 0.3) is 5.69 Å². The number of piperidine rings is 1. The Balaban J connectivity index is 1.44. The zero-order chi connectivity index (χ0) is 20.9. The maximum absolute atomic E-state index is 12.7. The van der Waals surface area contributed by atoms with Crippen LogP contribution >= 0.6 is 23.4 Å². The second-order valence-corrected chi connectivity index (χ2v) is 8.58. The summed E-state index contributed by atoms with van der Waals surface area (Å²) in [6.07, 6.45) is 3.50. The number of tetrazole rings is 1. The van der Waals surface area contributed by atoms with E-state index in [2.05, 4.69) is 25.7 Å². The molecule has 30 heavy (non-hydrogen) atoms. The average Bonchev–Trinajstić information content (AvgIpc) is 3.22. The molecule has 2 heterocycles. The van der Waals surface area contributed by atoms with E-state index in [1.807, 2.05) is 49.4 Å². The second-order valence-electron chi connectivity index (χ2n) is 7.23. The maximum atomic E-state index is 12.7. The number of carbonyl (C=O) groups is 1. The zero-order valence-electron chi connectivity index (χ0n) is 16.7. The van der Waals surface area contributed by atoms with Crippen LogP contribution in [0.3, 0.4) is 0 Å². The van der Waals surface area contributed by atoms with E-state index in [4.69, 9.17) is 11.6 Å². The quantitative estimate of drug-likeness (QED) is 0.572. The fourth-order valence-electron chi connectivity index (χ4n) is 3.49. The van der Waals surface area contributed by atoms with Gasteiger partial charge in [-0.2, -0.15) is 4.68 Å². The van der Waals surface area contributed by atoms with E-state index in [-0.39, 0.29) is 11.7 Å². The van der Waals surface area contributed by atoms with Gasteiger partial charge in [-0.25, -0.2) is 0 Å². The SMILES string of the molecule is Cc1ccc(-n2nnnc2SCC(=O)Nc2cccc(Cl)c2N2CCCCC2)cc1. The smallest absolute Gasteiger partial charge is 0.234 e. The molecule has 0 unspecified atom stereocenters. The van der Waals surface area contributed by atoms with Crippen molar-refractivity contribution in [2.45, 2.75) is 31.3 Å². The largest absolute Gasteiger partial charge is 0.369 e. The molecule has 1 saturated heterocycles. The molecule has 0 aliphatic carbocycles. The van der Waals surface area contributed by atoms with Crippen LogP contribution in [-0.4, -0.2) is 45.0 Å². The van der Waals surface area contributed by atoms with Gasteiger partial charge in [0.15, 0.2) is 0 Å². The lowest BCUT2D eigenvalue weighted by Crippen LogP contribution is -2.31. The number of para-hydroxylation sites is 1. The molecular formula is C21H23ClN6OS. The van der Waals surface area contributed by atoms with Gasteiger partial charge in [-0.3, -0.25) is 4.79 Å². The van der Waals surface area contributed by atoms with Crippen molar-refractivity contribution in [3.05, 3.63) is 53.1 Å². The summed E-state index contributed by atoms with van der Waals surface area (Å²) >= 11 is 7.77. The molecule has 0 bridgehead atoms. The number of amides is 1. The van der Waals surface area contributed by atoms with Crippen molar-refractivity contribution in [1.29, 1.82) is 0 Å². The van der Waals surface area contributed by atoms with Gasteiger partial charge in [0.25, 0.3) is 0 Å². The van der Waals surface area contributed by atoms with Crippen LogP contribution in [0, 0.1) is 6.92 Å². The van der Waals surface area contributed by atoms with Gasteiger partial charge in [-0.1, -0.05) is 47.1 Å². The van der Waals surface area contributed by atoms with Gasteiger partial charge >= 0.3 is 0 Å². The monoisotopic (exact) mass is 442 g/mol. The molecule has 1 aromatic heterocycles. The number of nitrogens with one attached hydrogen (secondary N) is 1. The van der Waals surface area contributed by atoms with Gasteiger partial charge in [0.2, 0.25) is 11.1 Å². The molecule has 0 spiro atoms. The Morgan fingerprint density at radius 1 is 1.13 bits per heavy atom. The van der Waals surface area contributed by atoms with Crippen molar-refractivity contribution in [3.63, 3.8) is 0 Å². The molecule has 1 amide bonds. The van der Waals surface area contributed by atoms with Gasteiger partial charge in [-0.05, 0) is 60.9 Å². The first-order valence-electron chi connectivity index (χ1n) is 9.93. The Labute approximate surface area is 184 Å². The Kier molecular flexibility index (Phi) is 6.54. The molecule has 1 aliphatic rings. The molecule has 4 rings (SSSR count). The third-order valence-corrected chi connectivity index (χ3v) is 6.21. The van der Waals surface area contributed by atoms with Crippen molar-refractivity contribution in [2.24, 2.45) is 0 Å². The zero-order valence-corrected chi connectivity index (χ0v) is 18.3. The third kappa shape index (κ3) is 4.76. The number of aromatic nitrogens is 4. The predicted molar refractivity (Wildman–Crippen MR) is 121 cm³/mol. The molecule has 1 N–H and O–H groups in total. The average molecular weight is 443 g/mol. The van der Waals surface area contributed by atoms with Crippen LogP contribution in [0.15, 0.2) is 47.6 Å². The Morgan fingerprint density at radius 2 is 1.90 bits per heavy atom. The van der Waals surface area contributed by atoms with E-state index < -0.39 is 0 Å². The molecule has 9 heteroatoms. The summed E-state index contributed by atoms with van der Waals surface area (Å²) in [5.41, 5.74) is 3.66. The molecule has 0 saturated carbocycles. The van der Waals surface area contributed by atoms with Crippen LogP contribution in [0.4, 0.5) is 11.4 Å². The highest BCUT2D eigenvalue weighted by atomic mass is 35.5. The summed E-state index contributed by atoms with van der Waals surface area (Å²) in [6.45, 7) is 3.93. The Hall–Kier alpha value is -2.58. The fourth-order valence-corrected chi connectivity index (χ4v) is 4.47. The predicted octanol–water partition coefficient (Wildman–Crippen LogP) is 4.35. The summed E-state index contributed by atoms with van der Waals surface area (Å²) in [6, 6.07) is 13.5. The van der Waals surface area contributed by atoms with Crippen LogP contribution in [0.5, 0.6) is 0 Å². The number of benzene rings is 2. The van der Waals surface area contributed by atoms with Crippen LogP contribution in [0.1, 0.15) is 24.8 Å². The highest BCUT2D eigenvalue weighted by Gasteiger charge is 2.19. The fraction of sp³-hybridized carbons (Fsp3) is 0.333. The van der Waals surface area contributed by atoms with Crippen molar-refractivity contribution in [1.82, 2.24) is 20.2 Å². The van der Waals surface area contributed by atoms with E-state index in [0.717, 1.165) is 48.6 Å². The van der Waals surface area contributed by atoms with Crippen molar-refractivity contribution in [3.8, 4) is 5.69 Å². The third-order valence-electron chi connectivity index (χ3n) is 4.98. The number of anilines is 2. The topological polar surface area (TPSA) is 75.9 Å². The molecule has 156 valence electrons. The van der Waals surface area contributed by atoms with Crippen LogP contribution in [0.2, 0.25) is 5.02 Å². The van der Waals surface area contributed by atoms with Gasteiger partial charge in [0.05, 0.1) is 27.8 Å². The van der Waals surface area contributed by atoms with Gasteiger partial charge in [-0.15, -0.1) is 5.10 Å². The summed E-state index contributed by atoms with van der Waals surface area (Å²) in [5.74, 6) is 0.0667. The summed E-state index contributed by atoms with van der Waals surface area (Å²) in [7, 11) is 0. The lowest BCUT2D eigenvalue weighted by atomic mass is 10.1. The number of nitrogens with zero attached hydrogens (tertiary/aromatic N) is 5. The number of hydrogen-bond acceptors (Lipinski definition) is 6. The first-order valence-corrected chi connectivity index (χ1v) is 11.3. The van der Waals surface area contributed by atoms with E-state index in [1.165, 1.54) is 18.2 Å². The van der Waals surface area contributed by atoms with Crippen molar-refractivity contribution < 1.29 is 4.79 Å². The summed E-state index contributed by atoms with van der Waals surface area (Å²) < 4.78 is 1.63. The van der Waals surface area contributed by atoms with Gasteiger partial charge < -0.3 is 10.2 Å². The van der Waals surface area contributed by atoms with Crippen molar-refractivity contribution >= 4 is 40.6 Å². The van der Waals surface area contributed by atoms with Gasteiger partial charge in [0.1, 0.15) is 0 Å². The minimum absolute atomic E-state index is 0.126. The lowest BCUT2D eigenvalue weighted by Gasteiger charge is -2.31. The number of rotatable bonds is 6. The highest BCUT2D eigenvalue weighted by molar-refractivity contribution is 7.99. The van der Waals surface area contributed by atoms with Gasteiger partial charge in [0, 0.05) is 13.1 Å². The summed E-state index contributed by atoms with van der Waals surface area (Å²) in [4.78, 5) is 14.9. The van der Waals surface area contributed by atoms with E-state index in [1.54, 1.807) is 4.68 Å². The van der Waals surface area contributed by atoms with Crippen LogP contribution < -0.4 is 10.2 Å². The molecule has 1 fully saturated rings. The van der Waals surface area contributed by atoms with E-state index >= 15 is 0 Å². The summed E-state index contributed by atoms with van der Waals surface area (Å²) in [5, 5.41) is 16.1. The highest BCUT2D eigenvalue weighted by Crippen LogP contribution is 2.35. The molecule has 2 aromatic carbocycles. The molecule has 7 nitrogen and oxygen atoms in total. The normalized spacial score (nSPS) is 14.0.